The third kappa shape index (κ3) is 17.3. The van der Waals surface area contributed by atoms with Crippen LogP contribution in [0.4, 0.5) is 5.82 Å². The Morgan fingerprint density at radius 3 is 1.33 bits per heavy atom. The summed E-state index contributed by atoms with van der Waals surface area (Å²) in [4.78, 5) is 8.16. The van der Waals surface area contributed by atoms with Crippen LogP contribution < -0.4 is 10.2 Å². The maximum absolute atomic E-state index is 5.55. The minimum Gasteiger partial charge on any atom is -0.354 e. The lowest BCUT2D eigenvalue weighted by Gasteiger charge is -2.31. The van der Waals surface area contributed by atoms with E-state index in [0.29, 0.717) is 0 Å². The van der Waals surface area contributed by atoms with Gasteiger partial charge >= 0.3 is 0 Å². The number of nitrogens with one attached hydrogen (secondary N) is 1. The number of unbranched alkanes of at least 4 members (excludes halogenated alkanes) is 21. The Morgan fingerprint density at radius 1 is 0.500 bits per heavy atom. The molecule has 1 saturated heterocycles. The first-order chi connectivity index (χ1) is 20.8. The van der Waals surface area contributed by atoms with Crippen molar-refractivity contribution in [1.29, 1.82) is 0 Å². The smallest absolute Gasteiger partial charge is 0.132 e. The predicted octanol–water partition coefficient (Wildman–Crippen LogP) is 11.5. The van der Waals surface area contributed by atoms with E-state index in [1.165, 1.54) is 185 Å². The van der Waals surface area contributed by atoms with E-state index in [1.807, 2.05) is 0 Å². The summed E-state index contributed by atoms with van der Waals surface area (Å²) in [5.74, 6) is 1.34. The molecule has 0 atom stereocenters. The second kappa shape index (κ2) is 26.3. The van der Waals surface area contributed by atoms with Crippen LogP contribution in [0.15, 0.2) is 6.07 Å². The second-order valence-corrected chi connectivity index (χ2v) is 13.5. The molecular weight excluding hydrogens is 510 g/mol. The summed E-state index contributed by atoms with van der Waals surface area (Å²) in [6.45, 7) is 11.3. The number of nitrogens with zero attached hydrogens (tertiary/aromatic N) is 2. The number of pyridine rings is 1. The van der Waals surface area contributed by atoms with Crippen LogP contribution in [0.25, 0.3) is 0 Å². The summed E-state index contributed by atoms with van der Waals surface area (Å²) in [7, 11) is 0. The van der Waals surface area contributed by atoms with Gasteiger partial charge in [-0.2, -0.15) is 0 Å². The average molecular weight is 584 g/mol. The van der Waals surface area contributed by atoms with Crippen molar-refractivity contribution in [3.63, 3.8) is 0 Å². The molecule has 2 rings (SSSR count). The van der Waals surface area contributed by atoms with E-state index in [9.17, 15) is 0 Å². The third-order valence-corrected chi connectivity index (χ3v) is 9.53. The van der Waals surface area contributed by atoms with Crippen LogP contribution in [0.1, 0.15) is 192 Å². The van der Waals surface area contributed by atoms with Crippen molar-refractivity contribution in [2.75, 3.05) is 31.1 Å². The third-order valence-electron chi connectivity index (χ3n) is 9.53. The lowest BCUT2D eigenvalue weighted by atomic mass is 9.96. The highest BCUT2D eigenvalue weighted by molar-refractivity contribution is 5.51. The molecule has 244 valence electrons. The van der Waals surface area contributed by atoms with Crippen molar-refractivity contribution in [3.8, 4) is 0 Å². The first-order valence-corrected chi connectivity index (χ1v) is 19.3. The zero-order chi connectivity index (χ0) is 29.9. The van der Waals surface area contributed by atoms with Gasteiger partial charge in [-0.3, -0.25) is 0 Å². The van der Waals surface area contributed by atoms with Gasteiger partial charge in [0.15, 0.2) is 0 Å². The van der Waals surface area contributed by atoms with Gasteiger partial charge in [-0.05, 0) is 49.7 Å². The van der Waals surface area contributed by atoms with Gasteiger partial charge in [0.2, 0.25) is 0 Å². The summed E-state index contributed by atoms with van der Waals surface area (Å²) in [5.41, 5.74) is 4.59. The first kappa shape index (κ1) is 37.1. The quantitative estimate of drug-likeness (QED) is 0.0994. The fourth-order valence-corrected chi connectivity index (χ4v) is 6.72. The summed E-state index contributed by atoms with van der Waals surface area (Å²) < 4.78 is 0. The van der Waals surface area contributed by atoms with Gasteiger partial charge in [0, 0.05) is 31.9 Å². The average Bonchev–Trinajstić information content (AvgIpc) is 3.02. The molecular formula is C39H73N3. The van der Waals surface area contributed by atoms with Gasteiger partial charge in [0.05, 0.1) is 0 Å². The first-order valence-electron chi connectivity index (χ1n) is 19.3. The molecule has 1 aliphatic heterocycles. The maximum Gasteiger partial charge on any atom is 0.132 e. The van der Waals surface area contributed by atoms with E-state index < -0.39 is 0 Å². The van der Waals surface area contributed by atoms with Gasteiger partial charge in [-0.1, -0.05) is 162 Å². The van der Waals surface area contributed by atoms with E-state index >= 15 is 0 Å². The molecule has 0 unspecified atom stereocenters. The molecule has 1 fully saturated rings. The number of rotatable bonds is 28. The van der Waals surface area contributed by atoms with Crippen molar-refractivity contribution in [2.24, 2.45) is 0 Å². The van der Waals surface area contributed by atoms with Crippen molar-refractivity contribution < 1.29 is 0 Å². The van der Waals surface area contributed by atoms with E-state index in [0.717, 1.165) is 26.2 Å². The van der Waals surface area contributed by atoms with Crippen molar-refractivity contribution in [2.45, 2.75) is 194 Å². The van der Waals surface area contributed by atoms with E-state index in [4.69, 9.17) is 4.98 Å². The van der Waals surface area contributed by atoms with Crippen LogP contribution in [0, 0.1) is 0 Å². The van der Waals surface area contributed by atoms with Gasteiger partial charge in [0.1, 0.15) is 5.82 Å². The fraction of sp³-hybridized carbons (Fsp3) is 0.872. The molecule has 3 nitrogen and oxygen atoms in total. The molecule has 1 aromatic rings. The van der Waals surface area contributed by atoms with Gasteiger partial charge in [-0.15, -0.1) is 0 Å². The molecule has 1 N–H and O–H groups in total. The van der Waals surface area contributed by atoms with Crippen molar-refractivity contribution in [1.82, 2.24) is 10.3 Å². The van der Waals surface area contributed by atoms with E-state index in [1.54, 1.807) is 11.1 Å². The van der Waals surface area contributed by atoms with Crippen LogP contribution in [-0.4, -0.2) is 31.2 Å². The highest BCUT2D eigenvalue weighted by Crippen LogP contribution is 2.27. The summed E-state index contributed by atoms with van der Waals surface area (Å²) in [5, 5.41) is 3.56. The molecule has 1 aliphatic rings. The van der Waals surface area contributed by atoms with Gasteiger partial charge in [0.25, 0.3) is 0 Å². The van der Waals surface area contributed by atoms with Crippen LogP contribution in [-0.2, 0) is 19.3 Å². The minimum absolute atomic E-state index is 1.09. The standard InChI is InChI=1S/C39H73N3/c1-4-7-10-13-16-19-22-25-28-36-35-37(29-26-23-20-17-14-11-8-5-2)39(42-33-31-40-32-34-42)41-38(36)30-27-24-21-18-15-12-9-6-3/h35,40H,4-34H2,1-3H3. The Morgan fingerprint density at radius 2 is 0.881 bits per heavy atom. The molecule has 0 radical (unpaired) electrons. The molecule has 42 heavy (non-hydrogen) atoms. The van der Waals surface area contributed by atoms with E-state index in [-0.39, 0.29) is 0 Å². The van der Waals surface area contributed by atoms with Gasteiger partial charge < -0.3 is 10.2 Å². The Hall–Kier alpha value is -1.09. The Balaban J connectivity index is 2.00. The number of hydrogen-bond donors (Lipinski definition) is 1. The summed E-state index contributed by atoms with van der Waals surface area (Å²) >= 11 is 0. The van der Waals surface area contributed by atoms with Crippen LogP contribution in [0.2, 0.25) is 0 Å². The van der Waals surface area contributed by atoms with E-state index in [2.05, 4.69) is 37.1 Å². The molecule has 0 bridgehead atoms. The molecule has 1 aromatic heterocycles. The number of aromatic nitrogens is 1. The zero-order valence-electron chi connectivity index (χ0n) is 28.9. The minimum atomic E-state index is 1.09. The molecule has 2 heterocycles. The second-order valence-electron chi connectivity index (χ2n) is 13.5. The number of aryl methyl sites for hydroxylation is 3. The Kier molecular flexibility index (Phi) is 23.3. The lowest BCUT2D eigenvalue weighted by molar-refractivity contribution is 0.563. The van der Waals surface area contributed by atoms with Crippen molar-refractivity contribution >= 4 is 5.82 Å². The molecule has 3 heteroatoms. The van der Waals surface area contributed by atoms with Crippen LogP contribution in [0.3, 0.4) is 0 Å². The lowest BCUT2D eigenvalue weighted by Crippen LogP contribution is -2.44. The monoisotopic (exact) mass is 584 g/mol. The summed E-state index contributed by atoms with van der Waals surface area (Å²) in [6, 6.07) is 2.65. The summed E-state index contributed by atoms with van der Waals surface area (Å²) in [6.07, 6.45) is 37.0. The molecule has 0 saturated carbocycles. The topological polar surface area (TPSA) is 28.2 Å². The highest BCUT2D eigenvalue weighted by Gasteiger charge is 2.19. The SMILES string of the molecule is CCCCCCCCCCc1cc(CCCCCCCCCC)c(N2CCNCC2)nc1CCCCCCCCCC. The zero-order valence-corrected chi connectivity index (χ0v) is 28.9. The fourth-order valence-electron chi connectivity index (χ4n) is 6.72. The Bertz CT molecular complexity index is 739. The molecule has 0 amide bonds. The highest BCUT2D eigenvalue weighted by atomic mass is 15.2. The van der Waals surface area contributed by atoms with Crippen LogP contribution >= 0.6 is 0 Å². The van der Waals surface area contributed by atoms with Crippen LogP contribution in [0.5, 0.6) is 0 Å². The number of piperazine rings is 1. The molecule has 0 spiro atoms. The van der Waals surface area contributed by atoms with Crippen molar-refractivity contribution in [3.05, 3.63) is 22.9 Å². The maximum atomic E-state index is 5.55. The molecule has 0 aromatic carbocycles. The van der Waals surface area contributed by atoms with Gasteiger partial charge in [-0.25, -0.2) is 4.98 Å². The Labute approximate surface area is 263 Å². The molecule has 0 aliphatic carbocycles. The number of anilines is 1. The number of hydrogen-bond acceptors (Lipinski definition) is 3. The largest absolute Gasteiger partial charge is 0.354 e. The predicted molar refractivity (Wildman–Crippen MR) is 188 cm³/mol. The normalized spacial score (nSPS) is 13.7.